The van der Waals surface area contributed by atoms with Gasteiger partial charge in [-0.05, 0) is 36.2 Å². The number of fused-ring (bicyclic) bond motifs is 1. The molecular formula is C24H22N4O4. The summed E-state index contributed by atoms with van der Waals surface area (Å²) in [6.07, 6.45) is 5.71. The number of benzene rings is 2. The predicted molar refractivity (Wildman–Crippen MR) is 121 cm³/mol. The molecule has 0 aliphatic heterocycles. The minimum absolute atomic E-state index is 0.109. The lowest BCUT2D eigenvalue weighted by Gasteiger charge is -2.11. The minimum atomic E-state index is -0.495. The monoisotopic (exact) mass is 430 g/mol. The summed E-state index contributed by atoms with van der Waals surface area (Å²) in [6.45, 7) is 0.305. The second kappa shape index (κ2) is 8.96. The van der Waals surface area contributed by atoms with E-state index in [1.54, 1.807) is 35.9 Å². The Balaban J connectivity index is 1.91. The highest BCUT2D eigenvalue weighted by atomic mass is 16.5. The first-order valence-corrected chi connectivity index (χ1v) is 10.1. The van der Waals surface area contributed by atoms with Gasteiger partial charge in [0.15, 0.2) is 11.2 Å². The summed E-state index contributed by atoms with van der Waals surface area (Å²) < 4.78 is 10.1. The molecule has 0 saturated carbocycles. The molecule has 2 heterocycles. The lowest BCUT2D eigenvalue weighted by molar-refractivity contribution is 0.277. The Hall–Kier alpha value is -4.09. The molecule has 0 spiro atoms. The van der Waals surface area contributed by atoms with Gasteiger partial charge in [-0.1, -0.05) is 36.3 Å². The van der Waals surface area contributed by atoms with Crippen LogP contribution >= 0.6 is 0 Å². The maximum absolute atomic E-state index is 13.3. The quantitative estimate of drug-likeness (QED) is 0.454. The zero-order valence-corrected chi connectivity index (χ0v) is 17.6. The number of hydrogen-bond acceptors (Lipinski definition) is 5. The fourth-order valence-electron chi connectivity index (χ4n) is 3.49. The third kappa shape index (κ3) is 3.94. The van der Waals surface area contributed by atoms with Crippen LogP contribution in [0.3, 0.4) is 0 Å². The fourth-order valence-corrected chi connectivity index (χ4v) is 3.49. The second-order valence-electron chi connectivity index (χ2n) is 7.28. The van der Waals surface area contributed by atoms with Gasteiger partial charge in [0.2, 0.25) is 0 Å². The molecule has 2 aromatic carbocycles. The van der Waals surface area contributed by atoms with E-state index in [0.29, 0.717) is 24.3 Å². The maximum Gasteiger partial charge on any atom is 0.332 e. The third-order valence-corrected chi connectivity index (χ3v) is 5.15. The molecule has 0 aliphatic rings. The van der Waals surface area contributed by atoms with Crippen molar-refractivity contribution in [3.05, 3.63) is 86.6 Å². The molecule has 0 bridgehead atoms. The Bertz CT molecular complexity index is 1410. The van der Waals surface area contributed by atoms with Crippen LogP contribution < -0.4 is 16.0 Å². The molecule has 162 valence electrons. The van der Waals surface area contributed by atoms with Gasteiger partial charge in [0, 0.05) is 25.8 Å². The van der Waals surface area contributed by atoms with Crippen molar-refractivity contribution in [2.75, 3.05) is 6.61 Å². The number of aryl methyl sites for hydroxylation is 1. The summed E-state index contributed by atoms with van der Waals surface area (Å²) in [5.41, 5.74) is 1.16. The largest absolute Gasteiger partial charge is 0.425 e. The van der Waals surface area contributed by atoms with Crippen LogP contribution in [-0.4, -0.2) is 30.4 Å². The number of aliphatic hydroxyl groups is 1. The van der Waals surface area contributed by atoms with Crippen LogP contribution in [0.2, 0.25) is 0 Å². The van der Waals surface area contributed by atoms with E-state index in [2.05, 4.69) is 10.9 Å². The minimum Gasteiger partial charge on any atom is -0.425 e. The van der Waals surface area contributed by atoms with Crippen molar-refractivity contribution >= 4 is 11.2 Å². The summed E-state index contributed by atoms with van der Waals surface area (Å²) in [7, 11) is 1.56. The van der Waals surface area contributed by atoms with E-state index in [4.69, 9.17) is 11.2 Å². The van der Waals surface area contributed by atoms with Crippen molar-refractivity contribution in [3.63, 3.8) is 0 Å². The molecule has 0 atom stereocenters. The molecule has 2 aromatic heterocycles. The van der Waals surface area contributed by atoms with Gasteiger partial charge in [0.05, 0.1) is 6.54 Å². The lowest BCUT2D eigenvalue weighted by Crippen LogP contribution is -2.39. The van der Waals surface area contributed by atoms with E-state index in [9.17, 15) is 14.7 Å². The van der Waals surface area contributed by atoms with Crippen LogP contribution in [0.1, 0.15) is 17.5 Å². The number of ether oxygens (including phenoxy) is 1. The molecule has 0 aliphatic carbocycles. The Kier molecular flexibility index (Phi) is 5.92. The van der Waals surface area contributed by atoms with Crippen LogP contribution in [0.5, 0.6) is 11.8 Å². The molecule has 1 N–H and O–H groups in total. The summed E-state index contributed by atoms with van der Waals surface area (Å²) >= 11 is 0. The molecule has 0 amide bonds. The lowest BCUT2D eigenvalue weighted by atomic mass is 10.2. The van der Waals surface area contributed by atoms with E-state index >= 15 is 0 Å². The highest BCUT2D eigenvalue weighted by Crippen LogP contribution is 2.25. The van der Waals surface area contributed by atoms with Gasteiger partial charge in [-0.15, -0.1) is 6.42 Å². The van der Waals surface area contributed by atoms with E-state index in [0.717, 1.165) is 10.1 Å². The van der Waals surface area contributed by atoms with Crippen LogP contribution in [-0.2, 0) is 20.1 Å². The first kappa shape index (κ1) is 21.2. The molecule has 4 aromatic rings. The highest BCUT2D eigenvalue weighted by Gasteiger charge is 2.21. The molecule has 0 radical (unpaired) electrons. The van der Waals surface area contributed by atoms with E-state index in [-0.39, 0.29) is 30.3 Å². The molecule has 8 heteroatoms. The summed E-state index contributed by atoms with van der Waals surface area (Å²) in [5.74, 6) is 3.05. The van der Waals surface area contributed by atoms with Gasteiger partial charge >= 0.3 is 11.7 Å². The maximum atomic E-state index is 13.3. The van der Waals surface area contributed by atoms with Crippen molar-refractivity contribution in [1.29, 1.82) is 0 Å². The zero-order valence-electron chi connectivity index (χ0n) is 17.6. The van der Waals surface area contributed by atoms with Gasteiger partial charge in [-0.2, -0.15) is 4.98 Å². The Morgan fingerprint density at radius 3 is 2.44 bits per heavy atom. The Morgan fingerprint density at radius 1 is 1.06 bits per heavy atom. The van der Waals surface area contributed by atoms with Crippen molar-refractivity contribution in [3.8, 4) is 24.1 Å². The van der Waals surface area contributed by atoms with Crippen molar-refractivity contribution in [2.24, 2.45) is 7.05 Å². The fraction of sp³-hybridized carbons (Fsp3) is 0.208. The molecule has 0 saturated heterocycles. The average Bonchev–Trinajstić information content (AvgIpc) is 3.17. The predicted octanol–water partition coefficient (Wildman–Crippen LogP) is 2.10. The average molecular weight is 430 g/mol. The number of hydrogen-bond donors (Lipinski definition) is 1. The topological polar surface area (TPSA) is 91.3 Å². The molecular weight excluding hydrogens is 408 g/mol. The first-order valence-electron chi connectivity index (χ1n) is 10.1. The number of terminal acetylenes is 1. The van der Waals surface area contributed by atoms with Crippen LogP contribution in [0.4, 0.5) is 0 Å². The van der Waals surface area contributed by atoms with Crippen LogP contribution in [0.25, 0.3) is 11.2 Å². The Morgan fingerprint density at radius 2 is 1.78 bits per heavy atom. The van der Waals surface area contributed by atoms with Gasteiger partial charge in [-0.3, -0.25) is 18.5 Å². The Labute approximate surface area is 184 Å². The summed E-state index contributed by atoms with van der Waals surface area (Å²) in [6, 6.07) is 16.7. The van der Waals surface area contributed by atoms with Gasteiger partial charge in [0.1, 0.15) is 5.75 Å². The standard InChI is InChI=1S/C24H22N4O4/c1-3-17-10-12-19(13-11-17)32-23-25-21-20(28(23)16-18-8-5-4-6-9-18)22(30)27(14-7-15-29)24(31)26(21)2/h1,4-6,8-13,29H,7,14-16H2,2H3. The van der Waals surface area contributed by atoms with Crippen molar-refractivity contribution in [1.82, 2.24) is 18.7 Å². The molecule has 0 fully saturated rings. The van der Waals surface area contributed by atoms with Gasteiger partial charge in [-0.25, -0.2) is 4.79 Å². The molecule has 32 heavy (non-hydrogen) atoms. The normalized spacial score (nSPS) is 10.9. The van der Waals surface area contributed by atoms with Crippen molar-refractivity contribution < 1.29 is 9.84 Å². The first-order chi connectivity index (χ1) is 15.5. The number of imidazole rings is 1. The summed E-state index contributed by atoms with van der Waals surface area (Å²) in [5, 5.41) is 9.17. The number of nitrogens with zero attached hydrogens (tertiary/aromatic N) is 4. The van der Waals surface area contributed by atoms with E-state index in [1.807, 2.05) is 30.3 Å². The van der Waals surface area contributed by atoms with Gasteiger partial charge in [0.25, 0.3) is 5.56 Å². The van der Waals surface area contributed by atoms with Crippen molar-refractivity contribution in [2.45, 2.75) is 19.5 Å². The molecule has 0 unspecified atom stereocenters. The molecule has 8 nitrogen and oxygen atoms in total. The third-order valence-electron chi connectivity index (χ3n) is 5.15. The van der Waals surface area contributed by atoms with Crippen LogP contribution in [0.15, 0.2) is 64.2 Å². The summed E-state index contributed by atoms with van der Waals surface area (Å²) in [4.78, 5) is 30.5. The second-order valence-corrected chi connectivity index (χ2v) is 7.28. The zero-order chi connectivity index (χ0) is 22.7. The molecule has 4 rings (SSSR count). The van der Waals surface area contributed by atoms with Gasteiger partial charge < -0.3 is 9.84 Å². The smallest absolute Gasteiger partial charge is 0.332 e. The van der Waals surface area contributed by atoms with E-state index < -0.39 is 11.2 Å². The number of rotatable bonds is 7. The van der Waals surface area contributed by atoms with Crippen LogP contribution in [0, 0.1) is 12.3 Å². The highest BCUT2D eigenvalue weighted by molar-refractivity contribution is 5.72. The SMILES string of the molecule is C#Cc1ccc(Oc2nc3c(c(=O)n(CCCO)c(=O)n3C)n2Cc2ccccc2)cc1. The number of aromatic nitrogens is 4. The van der Waals surface area contributed by atoms with E-state index in [1.165, 1.54) is 4.57 Å². The number of aliphatic hydroxyl groups excluding tert-OH is 1.